The molecule has 440 valence electrons. The lowest BCUT2D eigenvalue weighted by Gasteiger charge is -2.42. The van der Waals surface area contributed by atoms with Crippen LogP contribution >= 0.6 is 0 Å². The number of halogens is 14. The summed E-state index contributed by atoms with van der Waals surface area (Å²) >= 11 is 0. The highest BCUT2D eigenvalue weighted by Gasteiger charge is 2.45. The molecular formula is C56H54F14N2O9. The van der Waals surface area contributed by atoms with Gasteiger partial charge in [0.15, 0.2) is 5.75 Å². The first-order valence-corrected chi connectivity index (χ1v) is 24.4. The molecule has 0 aromatic heterocycles. The number of rotatable bonds is 14. The number of ether oxygens (including phenoxy) is 7. The summed E-state index contributed by atoms with van der Waals surface area (Å²) in [5, 5.41) is 21.4. The number of hydrogen-bond acceptors (Lipinski definition) is 11. The van der Waals surface area contributed by atoms with Crippen LogP contribution in [0.15, 0.2) is 133 Å². The molecule has 3 N–H and O–H groups in total. The van der Waals surface area contributed by atoms with Gasteiger partial charge >= 0.3 is 37.8 Å². The molecule has 6 aromatic carbocycles. The van der Waals surface area contributed by atoms with Crippen LogP contribution in [0, 0.1) is 0 Å². The molecule has 0 radical (unpaired) electrons. The number of anilines is 2. The summed E-state index contributed by atoms with van der Waals surface area (Å²) in [5.41, 5.74) is 2.55. The van der Waals surface area contributed by atoms with Crippen LogP contribution in [0.3, 0.4) is 0 Å². The monoisotopic (exact) mass is 1160 g/mol. The fourth-order valence-corrected chi connectivity index (χ4v) is 7.90. The first-order chi connectivity index (χ1) is 37.8. The molecule has 3 aliphatic heterocycles. The Kier molecular flexibility index (Phi) is 19.9. The lowest BCUT2D eigenvalue weighted by molar-refractivity contribution is -0.275. The maximum absolute atomic E-state index is 13.5. The number of para-hydroxylation sites is 2. The predicted molar refractivity (Wildman–Crippen MR) is 270 cm³/mol. The smallest absolute Gasteiger partial charge is 0.488 e. The highest BCUT2D eigenvalue weighted by Crippen LogP contribution is 2.48. The van der Waals surface area contributed by atoms with Gasteiger partial charge in [-0.1, -0.05) is 72.8 Å². The van der Waals surface area contributed by atoms with Crippen LogP contribution in [0.25, 0.3) is 22.3 Å². The number of aliphatic hydroxyl groups excluding tert-OH is 1. The van der Waals surface area contributed by atoms with Crippen LogP contribution in [0.4, 0.5) is 72.8 Å². The number of epoxide rings is 1. The lowest BCUT2D eigenvalue weighted by atomic mass is 9.97. The molecule has 0 bridgehead atoms. The second-order valence-corrected chi connectivity index (χ2v) is 19.2. The Morgan fingerprint density at radius 2 is 1.00 bits per heavy atom. The number of nitrogens with one attached hydrogen (secondary N) is 1. The van der Waals surface area contributed by atoms with Crippen molar-refractivity contribution in [1.29, 1.82) is 0 Å². The van der Waals surface area contributed by atoms with Gasteiger partial charge in [-0.05, 0) is 118 Å². The van der Waals surface area contributed by atoms with Crippen molar-refractivity contribution in [2.75, 3.05) is 43.2 Å². The molecule has 6 aromatic rings. The zero-order valence-electron chi connectivity index (χ0n) is 43.5. The van der Waals surface area contributed by atoms with Crippen molar-refractivity contribution in [1.82, 2.24) is 0 Å². The molecule has 11 nitrogen and oxygen atoms in total. The number of nitrogens with zero attached hydrogens (tertiary/aromatic N) is 1. The van der Waals surface area contributed by atoms with Gasteiger partial charge in [0.25, 0.3) is 0 Å². The molecule has 0 aliphatic carbocycles. The van der Waals surface area contributed by atoms with E-state index < -0.39 is 72.7 Å². The number of alkyl halides is 14. The number of hydrogen-bond donors (Lipinski definition) is 3. The number of benzene rings is 6. The molecule has 0 saturated carbocycles. The zero-order chi connectivity index (χ0) is 59.7. The van der Waals surface area contributed by atoms with E-state index in [1.807, 2.05) is 0 Å². The van der Waals surface area contributed by atoms with Crippen molar-refractivity contribution < 1.29 is 105 Å². The van der Waals surface area contributed by atoms with E-state index in [0.717, 1.165) is 24.8 Å². The third-order valence-corrected chi connectivity index (χ3v) is 11.4. The van der Waals surface area contributed by atoms with Crippen LogP contribution in [-0.2, 0) is 4.74 Å². The lowest BCUT2D eigenvalue weighted by Crippen LogP contribution is -2.45. The van der Waals surface area contributed by atoms with Gasteiger partial charge in [0.05, 0.1) is 41.3 Å². The Hall–Kier alpha value is -7.38. The van der Waals surface area contributed by atoms with Gasteiger partial charge in [0.2, 0.25) is 0 Å². The molecular weight excluding hydrogens is 1110 g/mol. The average molecular weight is 1170 g/mol. The fraction of sp³-hybridized carbons (Fsp3) is 0.357. The van der Waals surface area contributed by atoms with Gasteiger partial charge in [-0.2, -0.15) is 35.1 Å². The van der Waals surface area contributed by atoms with E-state index >= 15 is 0 Å². The number of aliphatic hydroxyl groups is 2. The molecule has 81 heavy (non-hydrogen) atoms. The standard InChI is InChI=1S/C27H24F7NO4.C23H16F7NO3.C4H8O.C2H6O/c1-25(2,36)15-35-21-11-5-10-20(16-6-3-9-19(12-16)39-27(32,33)34)23(21)37-14-22(35)17-7-4-8-18(13-17)38-26(30,31)24(28)29;24-21(25)22(26,27)33-15-6-2-5-14(11-15)19-12-32-20-17(8-3-9-18(20)31-19)13-4-1-7-16(10-13)34-23(28,29)30;1-4(2)3-5-4;1-2-3/h3-13,22,24,36H,14-15H2,1-2H3;1-11,19,21,31H,12H2;3H2,1-2H3;3H,2H2,1H3. The largest absolute Gasteiger partial charge is 0.573 e. The third kappa shape index (κ3) is 18.3. The molecule has 9 rings (SSSR count). The third-order valence-electron chi connectivity index (χ3n) is 11.4. The van der Waals surface area contributed by atoms with Crippen LogP contribution in [-0.4, -0.2) is 92.2 Å². The van der Waals surface area contributed by atoms with Crippen molar-refractivity contribution in [3.8, 4) is 56.8 Å². The first kappa shape index (κ1) is 62.8. The molecule has 1 fully saturated rings. The van der Waals surface area contributed by atoms with E-state index in [-0.39, 0.29) is 37.7 Å². The van der Waals surface area contributed by atoms with Gasteiger partial charge in [-0.25, -0.2) is 0 Å². The molecule has 2 unspecified atom stereocenters. The Labute approximate surface area is 455 Å². The van der Waals surface area contributed by atoms with Gasteiger partial charge in [-0.15, -0.1) is 26.3 Å². The van der Waals surface area contributed by atoms with Gasteiger partial charge in [0, 0.05) is 24.3 Å². The summed E-state index contributed by atoms with van der Waals surface area (Å²) in [6.45, 7) is 10.2. The molecule has 3 heterocycles. The van der Waals surface area contributed by atoms with Crippen molar-refractivity contribution in [2.45, 2.75) is 95.7 Å². The summed E-state index contributed by atoms with van der Waals surface area (Å²) in [6.07, 6.45) is -27.1. The first-order valence-electron chi connectivity index (χ1n) is 24.4. The van der Waals surface area contributed by atoms with E-state index in [0.29, 0.717) is 56.3 Å². The summed E-state index contributed by atoms with van der Waals surface area (Å²) in [4.78, 5) is 1.75. The SMILES string of the molecule is CC(C)(O)CN1c2cccc(-c3cccc(OC(F)(F)F)c3)c2OCC1c1cccc(OC(F)(F)C(F)F)c1.CC1(C)CO1.CCO.FC(F)C(F)(F)Oc1cccc(C2COc3c(cccc3-c3cccc(OC(F)(F)F)c3)N2)c1. The van der Waals surface area contributed by atoms with Crippen LogP contribution in [0.2, 0.25) is 0 Å². The molecule has 1 saturated heterocycles. The maximum atomic E-state index is 13.5. The molecule has 25 heteroatoms. The highest BCUT2D eigenvalue weighted by atomic mass is 19.4. The Bertz CT molecular complexity index is 3020. The normalized spacial score (nSPS) is 16.5. The molecule has 0 spiro atoms. The summed E-state index contributed by atoms with van der Waals surface area (Å²) in [6, 6.07) is 30.1. The topological polar surface area (TPSA) is 124 Å². The summed E-state index contributed by atoms with van der Waals surface area (Å²) < 4.78 is 213. The second kappa shape index (κ2) is 25.6. The molecule has 2 atom stereocenters. The Morgan fingerprint density at radius 1 is 0.593 bits per heavy atom. The van der Waals surface area contributed by atoms with E-state index in [9.17, 15) is 66.6 Å². The van der Waals surface area contributed by atoms with Crippen molar-refractivity contribution in [2.24, 2.45) is 0 Å². The predicted octanol–water partition coefficient (Wildman–Crippen LogP) is 15.0. The van der Waals surface area contributed by atoms with Crippen molar-refractivity contribution in [3.05, 3.63) is 145 Å². The van der Waals surface area contributed by atoms with Gasteiger partial charge < -0.3 is 53.6 Å². The average Bonchev–Trinajstić information content (AvgIpc) is 4.15. The zero-order valence-corrected chi connectivity index (χ0v) is 43.5. The molecule has 3 aliphatic rings. The van der Waals surface area contributed by atoms with Gasteiger partial charge in [0.1, 0.15) is 42.0 Å². The second-order valence-electron chi connectivity index (χ2n) is 19.2. The van der Waals surface area contributed by atoms with Crippen LogP contribution in [0.1, 0.15) is 57.8 Å². The van der Waals surface area contributed by atoms with E-state index in [2.05, 4.69) is 38.1 Å². The van der Waals surface area contributed by atoms with Crippen molar-refractivity contribution >= 4 is 11.4 Å². The van der Waals surface area contributed by atoms with Crippen molar-refractivity contribution in [3.63, 3.8) is 0 Å². The van der Waals surface area contributed by atoms with E-state index in [1.54, 1.807) is 86.3 Å². The van der Waals surface area contributed by atoms with Crippen LogP contribution < -0.4 is 38.6 Å². The minimum absolute atomic E-state index is 0.0252. The Balaban J connectivity index is 0.000000231. The minimum Gasteiger partial charge on any atom is -0.488 e. The Morgan fingerprint density at radius 3 is 1.46 bits per heavy atom. The number of β-amino-alcohol motifs (C(OH)–C–C–N with tert-alkyl or cyclic N) is 1. The summed E-state index contributed by atoms with van der Waals surface area (Å²) in [5.74, 6) is -1.04. The fourth-order valence-electron chi connectivity index (χ4n) is 7.90. The quantitative estimate of drug-likeness (QED) is 0.0713. The van der Waals surface area contributed by atoms with Crippen LogP contribution in [0.5, 0.6) is 34.5 Å². The van der Waals surface area contributed by atoms with E-state index in [4.69, 9.17) is 19.3 Å². The molecule has 0 amide bonds. The van der Waals surface area contributed by atoms with E-state index in [1.165, 1.54) is 54.6 Å². The van der Waals surface area contributed by atoms with Gasteiger partial charge in [-0.3, -0.25) is 0 Å². The maximum Gasteiger partial charge on any atom is 0.573 e. The summed E-state index contributed by atoms with van der Waals surface area (Å²) in [7, 11) is 0. The highest BCUT2D eigenvalue weighted by molar-refractivity contribution is 5.81. The number of fused-ring (bicyclic) bond motifs is 2. The minimum atomic E-state index is -4.88.